The minimum absolute atomic E-state index is 0.00648. The quantitative estimate of drug-likeness (QED) is 0.726. The summed E-state index contributed by atoms with van der Waals surface area (Å²) in [5, 5.41) is 11.8. The molecule has 0 spiro atoms. The van der Waals surface area contributed by atoms with Crippen molar-refractivity contribution in [3.05, 3.63) is 17.8 Å². The van der Waals surface area contributed by atoms with E-state index in [0.717, 1.165) is 25.9 Å². The molecular formula is C12H16N4O3. The third kappa shape index (κ3) is 3.12. The maximum Gasteiger partial charge on any atom is 0.337 e. The van der Waals surface area contributed by atoms with E-state index in [1.54, 1.807) is 4.90 Å². The van der Waals surface area contributed by atoms with Crippen LogP contribution in [0.1, 0.15) is 23.2 Å². The SMILES string of the molecule is Nc1cnc(NCC(=O)N2CCCC2)cc1C(=O)O. The number of carboxylic acid groups (broad SMARTS) is 1. The Hall–Kier alpha value is -2.31. The standard InChI is InChI=1S/C12H16N4O3/c13-9-6-14-10(5-8(9)12(18)19)15-7-11(17)16-3-1-2-4-16/h5-6H,1-4,7,13H2,(H,14,15)(H,18,19). The topological polar surface area (TPSA) is 109 Å². The molecule has 102 valence electrons. The molecular weight excluding hydrogens is 248 g/mol. The molecule has 1 fully saturated rings. The average Bonchev–Trinajstić information content (AvgIpc) is 2.91. The van der Waals surface area contributed by atoms with E-state index >= 15 is 0 Å². The number of likely N-dealkylation sites (tertiary alicyclic amines) is 1. The molecule has 1 saturated heterocycles. The molecule has 1 aliphatic rings. The summed E-state index contributed by atoms with van der Waals surface area (Å²) in [7, 11) is 0. The predicted octanol–water partition coefficient (Wildman–Crippen LogP) is 0.396. The number of anilines is 2. The molecule has 0 aliphatic carbocycles. The van der Waals surface area contributed by atoms with Crippen molar-refractivity contribution >= 4 is 23.4 Å². The monoisotopic (exact) mass is 264 g/mol. The van der Waals surface area contributed by atoms with Crippen LogP contribution < -0.4 is 11.1 Å². The van der Waals surface area contributed by atoms with Gasteiger partial charge in [-0.3, -0.25) is 4.79 Å². The molecule has 4 N–H and O–H groups in total. The van der Waals surface area contributed by atoms with Crippen molar-refractivity contribution in [1.29, 1.82) is 0 Å². The van der Waals surface area contributed by atoms with Crippen LogP contribution in [0.5, 0.6) is 0 Å². The second-order valence-electron chi connectivity index (χ2n) is 4.40. The summed E-state index contributed by atoms with van der Waals surface area (Å²) in [4.78, 5) is 28.4. The van der Waals surface area contributed by atoms with Gasteiger partial charge in [-0.25, -0.2) is 9.78 Å². The molecule has 2 rings (SSSR count). The number of carbonyl (C=O) groups excluding carboxylic acids is 1. The lowest BCUT2D eigenvalue weighted by Gasteiger charge is -2.15. The largest absolute Gasteiger partial charge is 0.478 e. The lowest BCUT2D eigenvalue weighted by Crippen LogP contribution is -2.33. The molecule has 1 aromatic heterocycles. The van der Waals surface area contributed by atoms with E-state index in [4.69, 9.17) is 10.8 Å². The molecule has 0 saturated carbocycles. The van der Waals surface area contributed by atoms with Crippen molar-refractivity contribution in [2.75, 3.05) is 30.7 Å². The van der Waals surface area contributed by atoms with Crippen LogP contribution in [0.25, 0.3) is 0 Å². The van der Waals surface area contributed by atoms with Crippen molar-refractivity contribution in [3.63, 3.8) is 0 Å². The summed E-state index contributed by atoms with van der Waals surface area (Å²) in [5.74, 6) is -0.791. The van der Waals surface area contributed by atoms with Gasteiger partial charge >= 0.3 is 5.97 Å². The average molecular weight is 264 g/mol. The van der Waals surface area contributed by atoms with E-state index < -0.39 is 5.97 Å². The van der Waals surface area contributed by atoms with Crippen LogP contribution in [0.3, 0.4) is 0 Å². The van der Waals surface area contributed by atoms with Crippen LogP contribution in [-0.2, 0) is 4.79 Å². The molecule has 19 heavy (non-hydrogen) atoms. The zero-order valence-corrected chi connectivity index (χ0v) is 10.4. The number of hydrogen-bond acceptors (Lipinski definition) is 5. The Morgan fingerprint density at radius 2 is 2.11 bits per heavy atom. The third-order valence-electron chi connectivity index (χ3n) is 3.04. The van der Waals surface area contributed by atoms with Crippen LogP contribution >= 0.6 is 0 Å². The van der Waals surface area contributed by atoms with Gasteiger partial charge in [0.15, 0.2) is 0 Å². The number of hydrogen-bond donors (Lipinski definition) is 3. The first kappa shape index (κ1) is 13.1. The van der Waals surface area contributed by atoms with Crippen molar-refractivity contribution in [3.8, 4) is 0 Å². The molecule has 2 heterocycles. The van der Waals surface area contributed by atoms with Crippen molar-refractivity contribution in [2.45, 2.75) is 12.8 Å². The zero-order chi connectivity index (χ0) is 13.8. The molecule has 1 amide bonds. The number of nitrogens with zero attached hydrogens (tertiary/aromatic N) is 2. The van der Waals surface area contributed by atoms with Gasteiger partial charge in [-0.2, -0.15) is 0 Å². The summed E-state index contributed by atoms with van der Waals surface area (Å²) in [5.41, 5.74) is 5.58. The van der Waals surface area contributed by atoms with E-state index in [1.165, 1.54) is 12.3 Å². The summed E-state index contributed by atoms with van der Waals surface area (Å²) in [6.45, 7) is 1.68. The first-order chi connectivity index (χ1) is 9.08. The van der Waals surface area contributed by atoms with Gasteiger partial charge < -0.3 is 21.1 Å². The Morgan fingerprint density at radius 3 is 2.74 bits per heavy atom. The molecule has 7 nitrogen and oxygen atoms in total. The van der Waals surface area contributed by atoms with Gasteiger partial charge in [0, 0.05) is 13.1 Å². The van der Waals surface area contributed by atoms with Gasteiger partial charge in [-0.05, 0) is 18.9 Å². The van der Waals surface area contributed by atoms with Gasteiger partial charge in [-0.15, -0.1) is 0 Å². The minimum atomic E-state index is -1.12. The number of carboxylic acids is 1. The highest BCUT2D eigenvalue weighted by Gasteiger charge is 2.17. The lowest BCUT2D eigenvalue weighted by molar-refractivity contribution is -0.128. The number of rotatable bonds is 4. The number of aromatic nitrogens is 1. The molecule has 0 radical (unpaired) electrons. The van der Waals surface area contributed by atoms with Crippen molar-refractivity contribution in [1.82, 2.24) is 9.88 Å². The second-order valence-corrected chi connectivity index (χ2v) is 4.40. The van der Waals surface area contributed by atoms with E-state index in [2.05, 4.69) is 10.3 Å². The van der Waals surface area contributed by atoms with Gasteiger partial charge in [0.2, 0.25) is 5.91 Å². The highest BCUT2D eigenvalue weighted by molar-refractivity contribution is 5.94. The van der Waals surface area contributed by atoms with E-state index in [1.807, 2.05) is 0 Å². The number of aromatic carboxylic acids is 1. The normalized spacial score (nSPS) is 14.4. The number of nitrogen functional groups attached to an aromatic ring is 1. The summed E-state index contributed by atoms with van der Waals surface area (Å²) in [6.07, 6.45) is 3.34. The van der Waals surface area contributed by atoms with Gasteiger partial charge in [0.25, 0.3) is 0 Å². The van der Waals surface area contributed by atoms with Gasteiger partial charge in [0.1, 0.15) is 5.82 Å². The lowest BCUT2D eigenvalue weighted by atomic mass is 10.2. The predicted molar refractivity (Wildman–Crippen MR) is 69.9 cm³/mol. The van der Waals surface area contributed by atoms with Crippen LogP contribution in [0.15, 0.2) is 12.3 Å². The summed E-state index contributed by atoms with van der Waals surface area (Å²) >= 11 is 0. The molecule has 1 aliphatic heterocycles. The second kappa shape index (κ2) is 5.55. The summed E-state index contributed by atoms with van der Waals surface area (Å²) in [6, 6.07) is 1.33. The molecule has 0 aromatic carbocycles. The van der Waals surface area contributed by atoms with Crippen LogP contribution in [0.4, 0.5) is 11.5 Å². The first-order valence-corrected chi connectivity index (χ1v) is 6.08. The van der Waals surface area contributed by atoms with E-state index in [0.29, 0.717) is 5.82 Å². The van der Waals surface area contributed by atoms with Crippen molar-refractivity contribution < 1.29 is 14.7 Å². The number of carbonyl (C=O) groups is 2. The zero-order valence-electron chi connectivity index (χ0n) is 10.4. The van der Waals surface area contributed by atoms with E-state index in [-0.39, 0.29) is 23.7 Å². The van der Waals surface area contributed by atoms with Crippen LogP contribution in [-0.4, -0.2) is 46.5 Å². The van der Waals surface area contributed by atoms with E-state index in [9.17, 15) is 9.59 Å². The highest BCUT2D eigenvalue weighted by Crippen LogP contribution is 2.15. The fourth-order valence-corrected chi connectivity index (χ4v) is 1.99. The van der Waals surface area contributed by atoms with Gasteiger partial charge in [0.05, 0.1) is 24.0 Å². The number of amides is 1. The third-order valence-corrected chi connectivity index (χ3v) is 3.04. The van der Waals surface area contributed by atoms with Crippen LogP contribution in [0, 0.1) is 0 Å². The van der Waals surface area contributed by atoms with Gasteiger partial charge in [-0.1, -0.05) is 0 Å². The Morgan fingerprint density at radius 1 is 1.42 bits per heavy atom. The van der Waals surface area contributed by atoms with Crippen LogP contribution in [0.2, 0.25) is 0 Å². The fraction of sp³-hybridized carbons (Fsp3) is 0.417. The molecule has 0 atom stereocenters. The number of nitrogens with one attached hydrogen (secondary N) is 1. The molecule has 1 aromatic rings. The first-order valence-electron chi connectivity index (χ1n) is 6.08. The minimum Gasteiger partial charge on any atom is -0.478 e. The van der Waals surface area contributed by atoms with Crippen molar-refractivity contribution in [2.24, 2.45) is 0 Å². The number of pyridine rings is 1. The maximum atomic E-state index is 11.8. The Kier molecular flexibility index (Phi) is 3.84. The Labute approximate surface area is 110 Å². The molecule has 0 bridgehead atoms. The maximum absolute atomic E-state index is 11.8. The summed E-state index contributed by atoms with van der Waals surface area (Å²) < 4.78 is 0. The Bertz CT molecular complexity index is 498. The fourth-order valence-electron chi connectivity index (χ4n) is 1.99. The smallest absolute Gasteiger partial charge is 0.337 e. The number of nitrogens with two attached hydrogens (primary N) is 1. The molecule has 0 unspecified atom stereocenters. The highest BCUT2D eigenvalue weighted by atomic mass is 16.4. The Balaban J connectivity index is 1.97. The molecule has 7 heteroatoms.